The fourth-order valence-corrected chi connectivity index (χ4v) is 17.1. The lowest BCUT2D eigenvalue weighted by atomic mass is 10.2. The van der Waals surface area contributed by atoms with Crippen LogP contribution in [0.25, 0.3) is 0 Å². The Morgan fingerprint density at radius 2 is 1.30 bits per heavy atom. The van der Waals surface area contributed by atoms with Crippen molar-refractivity contribution >= 4 is 26.2 Å². The predicted molar refractivity (Wildman–Crippen MR) is 106 cm³/mol. The molecule has 0 aliphatic rings. The average Bonchev–Trinajstić information content (AvgIpc) is 2.42. The fraction of sp³-hybridized carbons (Fsp3) is 1.00. The molecule has 0 aliphatic heterocycles. The smallest absolute Gasteiger partial charge is 0.458 e. The van der Waals surface area contributed by atoms with E-state index in [2.05, 4.69) is 33.1 Å². The first kappa shape index (κ1) is 23.5. The van der Waals surface area contributed by atoms with Gasteiger partial charge < -0.3 is 17.4 Å². The first-order chi connectivity index (χ1) is 10.8. The zero-order valence-corrected chi connectivity index (χ0v) is 19.9. The minimum Gasteiger partial charge on any atom is -0.458 e. The van der Waals surface area contributed by atoms with Crippen molar-refractivity contribution in [3.05, 3.63) is 0 Å². The van der Waals surface area contributed by atoms with Gasteiger partial charge >= 0.3 is 8.80 Å². The van der Waals surface area contributed by atoms with Crippen LogP contribution < -0.4 is 0 Å². The van der Waals surface area contributed by atoms with Gasteiger partial charge in [0, 0.05) is 25.0 Å². The van der Waals surface area contributed by atoms with E-state index >= 15 is 0 Å². The molecule has 4 nitrogen and oxygen atoms in total. The lowest BCUT2D eigenvalue weighted by Gasteiger charge is -2.43. The molecule has 0 spiro atoms. The predicted octanol–water partition coefficient (Wildman–Crippen LogP) is 4.73. The monoisotopic (exact) mass is 380 g/mol. The molecule has 0 aromatic heterocycles. The largest absolute Gasteiger partial charge is 0.503 e. The van der Waals surface area contributed by atoms with E-state index in [9.17, 15) is 0 Å². The van der Waals surface area contributed by atoms with Crippen molar-refractivity contribution in [3.8, 4) is 0 Å². The van der Waals surface area contributed by atoms with Crippen molar-refractivity contribution in [3.63, 3.8) is 0 Å². The van der Waals surface area contributed by atoms with E-state index in [1.54, 1.807) is 0 Å². The van der Waals surface area contributed by atoms with Gasteiger partial charge in [-0.3, -0.25) is 0 Å². The van der Waals surface area contributed by atoms with Crippen LogP contribution in [0.15, 0.2) is 0 Å². The van der Waals surface area contributed by atoms with Crippen molar-refractivity contribution in [2.24, 2.45) is 0 Å². The van der Waals surface area contributed by atoms with Crippen LogP contribution in [0.2, 0.25) is 31.4 Å². The molecule has 0 saturated carbocycles. The van der Waals surface area contributed by atoms with Crippen LogP contribution in [-0.2, 0) is 17.4 Å². The Morgan fingerprint density at radius 1 is 0.826 bits per heavy atom. The maximum absolute atomic E-state index is 6.55. The summed E-state index contributed by atoms with van der Waals surface area (Å²) < 4.78 is 25.3. The molecule has 140 valence electrons. The van der Waals surface area contributed by atoms with Gasteiger partial charge in [-0.25, -0.2) is 0 Å². The Kier molecular flexibility index (Phi) is 12.2. The minimum atomic E-state index is -2.72. The van der Waals surface area contributed by atoms with E-state index in [1.165, 1.54) is 19.3 Å². The fourth-order valence-electron chi connectivity index (χ4n) is 3.27. The van der Waals surface area contributed by atoms with Gasteiger partial charge in [0.15, 0.2) is 17.4 Å². The molecule has 0 N–H and O–H groups in total. The normalized spacial score (nSPS) is 14.5. The van der Waals surface area contributed by atoms with Crippen LogP contribution in [0.4, 0.5) is 0 Å². The molecular formula is C16H40O4Si3. The lowest BCUT2D eigenvalue weighted by molar-refractivity contribution is 0.0651. The van der Waals surface area contributed by atoms with Gasteiger partial charge in [0.1, 0.15) is 0 Å². The summed E-state index contributed by atoms with van der Waals surface area (Å²) in [6.45, 7) is 19.4. The van der Waals surface area contributed by atoms with Crippen LogP contribution in [0, 0.1) is 0 Å². The van der Waals surface area contributed by atoms with Crippen LogP contribution in [0.3, 0.4) is 0 Å². The summed E-state index contributed by atoms with van der Waals surface area (Å²) in [7, 11) is -5.77. The second-order valence-corrected chi connectivity index (χ2v) is 17.0. The van der Waals surface area contributed by atoms with E-state index < -0.39 is 26.2 Å². The van der Waals surface area contributed by atoms with E-state index in [-0.39, 0.29) is 0 Å². The van der Waals surface area contributed by atoms with Crippen molar-refractivity contribution in [1.29, 1.82) is 0 Å². The minimum absolute atomic E-state index is 0.316. The third-order valence-electron chi connectivity index (χ3n) is 3.94. The van der Waals surface area contributed by atoms with Crippen LogP contribution in [0.1, 0.15) is 53.4 Å². The second-order valence-electron chi connectivity index (χ2n) is 6.72. The van der Waals surface area contributed by atoms with Crippen molar-refractivity contribution in [2.45, 2.75) is 84.7 Å². The molecule has 7 heteroatoms. The van der Waals surface area contributed by atoms with Gasteiger partial charge in [0.25, 0.3) is 0 Å². The Bertz CT molecular complexity index is 284. The summed E-state index contributed by atoms with van der Waals surface area (Å²) in [5.74, 6) is 0. The molecule has 0 radical (unpaired) electrons. The molecule has 0 rings (SSSR count). The number of unbranched alkanes of at least 4 members (excludes halogenated alkanes) is 2. The lowest BCUT2D eigenvalue weighted by Crippen LogP contribution is -2.60. The molecule has 23 heavy (non-hydrogen) atoms. The van der Waals surface area contributed by atoms with Crippen LogP contribution in [0.5, 0.6) is 0 Å². The number of hydrogen-bond acceptors (Lipinski definition) is 4. The molecule has 1 unspecified atom stereocenters. The molecule has 0 heterocycles. The van der Waals surface area contributed by atoms with Gasteiger partial charge in [-0.05, 0) is 53.4 Å². The highest BCUT2D eigenvalue weighted by Crippen LogP contribution is 2.39. The van der Waals surface area contributed by atoms with E-state index in [4.69, 9.17) is 17.4 Å². The number of rotatable bonds is 14. The van der Waals surface area contributed by atoms with E-state index in [0.717, 1.165) is 6.42 Å². The third kappa shape index (κ3) is 7.94. The molecule has 0 bridgehead atoms. The highest BCUT2D eigenvalue weighted by molar-refractivity contribution is 6.90. The summed E-state index contributed by atoms with van der Waals surface area (Å²) in [6, 6.07) is 0. The SMILES string of the molecule is CCCCCC([Si](C)(C)O[SiH](C)C)[Si](OCC)(OCC)OCC. The molecule has 0 aromatic carbocycles. The number of hydrogen-bond donors (Lipinski definition) is 0. The van der Waals surface area contributed by atoms with Crippen molar-refractivity contribution < 1.29 is 17.4 Å². The summed E-state index contributed by atoms with van der Waals surface area (Å²) in [5.41, 5.74) is 0. The molecule has 0 aliphatic carbocycles. The van der Waals surface area contributed by atoms with Crippen molar-refractivity contribution in [1.82, 2.24) is 0 Å². The topological polar surface area (TPSA) is 36.9 Å². The second kappa shape index (κ2) is 11.9. The first-order valence-electron chi connectivity index (χ1n) is 9.39. The van der Waals surface area contributed by atoms with Crippen molar-refractivity contribution in [2.75, 3.05) is 19.8 Å². The van der Waals surface area contributed by atoms with Gasteiger partial charge in [0.05, 0.1) is 0 Å². The molecule has 0 aromatic rings. The highest BCUT2D eigenvalue weighted by Gasteiger charge is 2.56. The zero-order valence-electron chi connectivity index (χ0n) is 16.7. The zero-order chi connectivity index (χ0) is 17.9. The summed E-state index contributed by atoms with van der Waals surface area (Å²) in [4.78, 5) is 0. The van der Waals surface area contributed by atoms with Gasteiger partial charge in [-0.15, -0.1) is 0 Å². The first-order valence-corrected chi connectivity index (χ1v) is 17.0. The third-order valence-corrected chi connectivity index (χ3v) is 16.6. The highest BCUT2D eigenvalue weighted by atomic mass is 28.5. The molecule has 0 amide bonds. The molecular weight excluding hydrogens is 340 g/mol. The quantitative estimate of drug-likeness (QED) is 0.322. The standard InChI is InChI=1S/C16H40O4Si3/c1-9-13-14-15-16(22(7,8)20-21(5)6)23(17-10-2,18-11-3)19-12-4/h16,21H,9-15H2,1-8H3. The summed E-state index contributed by atoms with van der Waals surface area (Å²) in [5, 5.41) is 0.316. The summed E-state index contributed by atoms with van der Waals surface area (Å²) >= 11 is 0. The van der Waals surface area contributed by atoms with Gasteiger partial charge in [0.2, 0.25) is 0 Å². The molecule has 0 fully saturated rings. The Balaban J connectivity index is 5.58. The maximum atomic E-state index is 6.55. The van der Waals surface area contributed by atoms with Gasteiger partial charge in [-0.1, -0.05) is 26.2 Å². The van der Waals surface area contributed by atoms with E-state index in [1.807, 2.05) is 20.8 Å². The maximum Gasteiger partial charge on any atom is 0.503 e. The van der Waals surface area contributed by atoms with E-state index in [0.29, 0.717) is 25.0 Å². The Labute approximate surface area is 148 Å². The summed E-state index contributed by atoms with van der Waals surface area (Å²) in [6.07, 6.45) is 4.76. The average molecular weight is 381 g/mol. The van der Waals surface area contributed by atoms with Crippen LogP contribution >= 0.6 is 0 Å². The van der Waals surface area contributed by atoms with Gasteiger partial charge in [-0.2, -0.15) is 0 Å². The Hall–Kier alpha value is 0.491. The Morgan fingerprint density at radius 3 is 1.65 bits per heavy atom. The molecule has 1 atom stereocenters. The van der Waals surface area contributed by atoms with Crippen LogP contribution in [-0.4, -0.2) is 46.0 Å². The molecule has 0 saturated heterocycles.